The third-order valence-electron chi connectivity index (χ3n) is 6.58. The Balaban J connectivity index is 2.94. The number of nitrogens with zero attached hydrogens (tertiary/aromatic N) is 4. The Morgan fingerprint density at radius 2 is 0.611 bits per heavy atom. The summed E-state index contributed by atoms with van der Waals surface area (Å²) in [4.78, 5) is 8.38. The van der Waals surface area contributed by atoms with Gasteiger partial charge < -0.3 is 40.9 Å². The maximum atomic E-state index is 10.0. The molecule has 0 aromatic rings. The Morgan fingerprint density at radius 1 is 0.361 bits per heavy atom. The normalized spacial score (nSPS) is 23.3. The SMILES string of the molecule is OCC(O)CN1CCCCCN(CC(O)CO)CCN(CC(O)CO)CCCN(CC(O)CO)CC1. The molecular formula is C24H52N4O8. The molecule has 36 heavy (non-hydrogen) atoms. The molecule has 0 saturated carbocycles. The summed E-state index contributed by atoms with van der Waals surface area (Å²) >= 11 is 0. The van der Waals surface area contributed by atoms with Gasteiger partial charge in [0.15, 0.2) is 0 Å². The molecule has 1 fully saturated rings. The first-order valence-corrected chi connectivity index (χ1v) is 13.4. The number of aliphatic hydroxyl groups excluding tert-OH is 8. The number of aliphatic hydroxyl groups is 8. The van der Waals surface area contributed by atoms with Gasteiger partial charge in [-0.3, -0.25) is 19.6 Å². The molecule has 1 aliphatic rings. The number of β-amino-alcohol motifs (C(OH)–C–C–N with tert-alkyl or cyclic N) is 4. The number of hydrogen-bond donors (Lipinski definition) is 8. The van der Waals surface area contributed by atoms with E-state index in [1.807, 2.05) is 0 Å². The van der Waals surface area contributed by atoms with E-state index in [-0.39, 0.29) is 26.4 Å². The zero-order valence-electron chi connectivity index (χ0n) is 21.8. The van der Waals surface area contributed by atoms with E-state index in [2.05, 4.69) is 19.6 Å². The van der Waals surface area contributed by atoms with Gasteiger partial charge in [0.1, 0.15) is 0 Å². The van der Waals surface area contributed by atoms with Gasteiger partial charge in [-0.05, 0) is 45.4 Å². The van der Waals surface area contributed by atoms with Crippen molar-refractivity contribution in [1.29, 1.82) is 0 Å². The molecule has 4 unspecified atom stereocenters. The van der Waals surface area contributed by atoms with E-state index in [0.29, 0.717) is 65.4 Å². The molecule has 0 aliphatic carbocycles. The lowest BCUT2D eigenvalue weighted by molar-refractivity contribution is 0.0338. The molecule has 216 valence electrons. The second-order valence-electron chi connectivity index (χ2n) is 9.96. The van der Waals surface area contributed by atoms with Crippen LogP contribution in [-0.4, -0.2) is 190 Å². The van der Waals surface area contributed by atoms with Gasteiger partial charge >= 0.3 is 0 Å². The van der Waals surface area contributed by atoms with Crippen molar-refractivity contribution in [3.05, 3.63) is 0 Å². The molecular weight excluding hydrogens is 472 g/mol. The largest absolute Gasteiger partial charge is 0.394 e. The fraction of sp³-hybridized carbons (Fsp3) is 1.00. The molecule has 4 atom stereocenters. The van der Waals surface area contributed by atoms with Crippen LogP contribution in [0.1, 0.15) is 25.7 Å². The van der Waals surface area contributed by atoms with Crippen LogP contribution < -0.4 is 0 Å². The lowest BCUT2D eigenvalue weighted by Gasteiger charge is -2.32. The van der Waals surface area contributed by atoms with Crippen LogP contribution in [-0.2, 0) is 0 Å². The standard InChI is InChI=1S/C24H52N4O8/c29-17-21(33)13-25-5-2-1-3-6-26(14-22(34)18-30)10-12-28(16-24(36)20-32)8-4-7-27(11-9-25)15-23(35)19-31/h21-24,29-36H,1-20H2. The highest BCUT2D eigenvalue weighted by molar-refractivity contribution is 4.74. The third kappa shape index (κ3) is 15.7. The van der Waals surface area contributed by atoms with Gasteiger partial charge in [-0.25, -0.2) is 0 Å². The van der Waals surface area contributed by atoms with Crippen molar-refractivity contribution in [2.45, 2.75) is 50.1 Å². The van der Waals surface area contributed by atoms with Gasteiger partial charge in [0.25, 0.3) is 0 Å². The highest BCUT2D eigenvalue weighted by Gasteiger charge is 2.19. The zero-order chi connectivity index (χ0) is 26.8. The lowest BCUT2D eigenvalue weighted by Crippen LogP contribution is -2.45. The first kappa shape index (κ1) is 33.5. The molecule has 1 aliphatic heterocycles. The Hall–Kier alpha value is -0.480. The Morgan fingerprint density at radius 3 is 0.861 bits per heavy atom. The van der Waals surface area contributed by atoms with Crippen molar-refractivity contribution in [3.8, 4) is 0 Å². The van der Waals surface area contributed by atoms with E-state index in [1.54, 1.807) is 0 Å². The van der Waals surface area contributed by atoms with Crippen LogP contribution in [0.15, 0.2) is 0 Å². The summed E-state index contributed by atoms with van der Waals surface area (Å²) < 4.78 is 0. The van der Waals surface area contributed by atoms with E-state index in [4.69, 9.17) is 0 Å². The van der Waals surface area contributed by atoms with E-state index < -0.39 is 24.4 Å². The van der Waals surface area contributed by atoms with Crippen molar-refractivity contribution in [2.75, 3.05) is 105 Å². The van der Waals surface area contributed by atoms with Crippen LogP contribution >= 0.6 is 0 Å². The lowest BCUT2D eigenvalue weighted by atomic mass is 10.2. The minimum atomic E-state index is -0.856. The van der Waals surface area contributed by atoms with Crippen molar-refractivity contribution < 1.29 is 40.9 Å². The molecule has 12 nitrogen and oxygen atoms in total. The van der Waals surface area contributed by atoms with Crippen LogP contribution in [0.5, 0.6) is 0 Å². The average molecular weight is 525 g/mol. The van der Waals surface area contributed by atoms with Crippen LogP contribution in [0.25, 0.3) is 0 Å². The predicted octanol–water partition coefficient (Wildman–Crippen LogP) is -3.82. The third-order valence-corrected chi connectivity index (χ3v) is 6.58. The van der Waals surface area contributed by atoms with Gasteiger partial charge in [-0.2, -0.15) is 0 Å². The van der Waals surface area contributed by atoms with Crippen LogP contribution in [0.2, 0.25) is 0 Å². The number of rotatable bonds is 12. The first-order valence-electron chi connectivity index (χ1n) is 13.4. The Labute approximate surface area is 216 Å². The maximum Gasteiger partial charge on any atom is 0.0897 e. The zero-order valence-corrected chi connectivity index (χ0v) is 21.8. The van der Waals surface area contributed by atoms with Crippen molar-refractivity contribution in [3.63, 3.8) is 0 Å². The Bertz CT molecular complexity index is 483. The fourth-order valence-electron chi connectivity index (χ4n) is 4.53. The minimum absolute atomic E-state index is 0.304. The molecule has 0 radical (unpaired) electrons. The summed E-state index contributed by atoms with van der Waals surface area (Å²) in [6.45, 7) is 5.51. The summed E-state index contributed by atoms with van der Waals surface area (Å²) in [6, 6.07) is 0. The molecule has 8 N–H and O–H groups in total. The molecule has 1 heterocycles. The van der Waals surface area contributed by atoms with Crippen molar-refractivity contribution in [2.24, 2.45) is 0 Å². The maximum absolute atomic E-state index is 10.0. The van der Waals surface area contributed by atoms with E-state index in [1.165, 1.54) is 0 Å². The molecule has 1 rings (SSSR count). The molecule has 0 aromatic heterocycles. The highest BCUT2D eigenvalue weighted by Crippen LogP contribution is 2.07. The minimum Gasteiger partial charge on any atom is -0.394 e. The van der Waals surface area contributed by atoms with Crippen LogP contribution in [0.3, 0.4) is 0 Å². The van der Waals surface area contributed by atoms with Gasteiger partial charge in [-0.1, -0.05) is 6.42 Å². The monoisotopic (exact) mass is 524 g/mol. The summed E-state index contributed by atoms with van der Waals surface area (Å²) in [5.74, 6) is 0. The van der Waals surface area contributed by atoms with Gasteiger partial charge in [-0.15, -0.1) is 0 Å². The van der Waals surface area contributed by atoms with E-state index in [0.717, 1.165) is 38.8 Å². The van der Waals surface area contributed by atoms with Gasteiger partial charge in [0.05, 0.1) is 50.8 Å². The second kappa shape index (κ2) is 20.5. The van der Waals surface area contributed by atoms with Crippen molar-refractivity contribution in [1.82, 2.24) is 19.6 Å². The summed E-state index contributed by atoms with van der Waals surface area (Å²) in [7, 11) is 0. The van der Waals surface area contributed by atoms with Crippen LogP contribution in [0.4, 0.5) is 0 Å². The smallest absolute Gasteiger partial charge is 0.0897 e. The fourth-order valence-corrected chi connectivity index (χ4v) is 4.53. The summed E-state index contributed by atoms with van der Waals surface area (Å²) in [6.07, 6.45) is 0.136. The molecule has 0 amide bonds. The number of hydrogen-bond acceptors (Lipinski definition) is 12. The Kier molecular flexibility index (Phi) is 19.1. The van der Waals surface area contributed by atoms with Crippen molar-refractivity contribution >= 4 is 0 Å². The van der Waals surface area contributed by atoms with Gasteiger partial charge in [0.2, 0.25) is 0 Å². The molecule has 1 saturated heterocycles. The summed E-state index contributed by atoms with van der Waals surface area (Å²) in [5, 5.41) is 77.3. The van der Waals surface area contributed by atoms with Crippen LogP contribution in [0, 0.1) is 0 Å². The quantitative estimate of drug-likeness (QED) is 0.125. The molecule has 12 heteroatoms. The molecule has 0 aromatic carbocycles. The van der Waals surface area contributed by atoms with Gasteiger partial charge in [0, 0.05) is 52.4 Å². The second-order valence-corrected chi connectivity index (χ2v) is 9.96. The average Bonchev–Trinajstić information content (AvgIpc) is 2.87. The van der Waals surface area contributed by atoms with E-state index >= 15 is 0 Å². The van der Waals surface area contributed by atoms with E-state index in [9.17, 15) is 40.9 Å². The highest BCUT2D eigenvalue weighted by atomic mass is 16.3. The molecule has 0 spiro atoms. The first-order chi connectivity index (χ1) is 17.3. The molecule has 0 bridgehead atoms. The predicted molar refractivity (Wildman–Crippen MR) is 137 cm³/mol. The topological polar surface area (TPSA) is 175 Å². The summed E-state index contributed by atoms with van der Waals surface area (Å²) in [5.41, 5.74) is 0.